The first-order valence-corrected chi connectivity index (χ1v) is 7.02. The van der Waals surface area contributed by atoms with E-state index in [-0.39, 0.29) is 0 Å². The number of halogens is 1. The molecule has 3 aromatic rings. The van der Waals surface area contributed by atoms with E-state index in [1.807, 2.05) is 29.8 Å². The third kappa shape index (κ3) is 2.00. The minimum Gasteiger partial charge on any atom is -0.327 e. The Hall–Kier alpha value is -2.12. The summed E-state index contributed by atoms with van der Waals surface area (Å²) in [6.45, 7) is 2.06. The number of hydrogen-bond donors (Lipinski definition) is 0. The van der Waals surface area contributed by atoms with Gasteiger partial charge in [-0.2, -0.15) is 5.26 Å². The molecule has 0 atom stereocenters. The first-order valence-electron chi connectivity index (χ1n) is 6.23. The number of nitriles is 1. The van der Waals surface area contributed by atoms with Gasteiger partial charge in [0.05, 0.1) is 22.7 Å². The second-order valence-corrected chi connectivity index (χ2v) is 5.63. The maximum absolute atomic E-state index is 8.97. The van der Waals surface area contributed by atoms with E-state index in [4.69, 9.17) is 5.26 Å². The number of nitrogens with zero attached hydrogens (tertiary/aromatic N) is 3. The molecule has 0 unspecified atom stereocenters. The molecule has 3 rings (SSSR count). The van der Waals surface area contributed by atoms with Crippen molar-refractivity contribution in [3.8, 4) is 17.5 Å². The summed E-state index contributed by atoms with van der Waals surface area (Å²) in [5, 5.41) is 8.97. The van der Waals surface area contributed by atoms with Crippen LogP contribution in [0.15, 0.2) is 40.9 Å². The maximum Gasteiger partial charge on any atom is 0.140 e. The molecular weight excluding hydrogens is 314 g/mol. The van der Waals surface area contributed by atoms with Gasteiger partial charge in [0, 0.05) is 17.1 Å². The lowest BCUT2D eigenvalue weighted by Crippen LogP contribution is -1.92. The Morgan fingerprint density at radius 2 is 2.00 bits per heavy atom. The van der Waals surface area contributed by atoms with Gasteiger partial charge >= 0.3 is 0 Å². The summed E-state index contributed by atoms with van der Waals surface area (Å²) in [5.41, 5.74) is 4.75. The summed E-state index contributed by atoms with van der Waals surface area (Å²) in [6, 6.07) is 13.9. The van der Waals surface area contributed by atoms with Crippen molar-refractivity contribution in [2.75, 3.05) is 0 Å². The minimum atomic E-state index is 0.632. The molecule has 0 bridgehead atoms. The lowest BCUT2D eigenvalue weighted by molar-refractivity contribution is 0.959. The number of aromatic nitrogens is 2. The van der Waals surface area contributed by atoms with Crippen molar-refractivity contribution in [2.45, 2.75) is 6.92 Å². The first-order chi connectivity index (χ1) is 9.60. The van der Waals surface area contributed by atoms with E-state index in [2.05, 4.69) is 52.1 Å². The smallest absolute Gasteiger partial charge is 0.140 e. The fraction of sp³-hybridized carbons (Fsp3) is 0.125. The fourth-order valence-corrected chi connectivity index (χ4v) is 2.64. The largest absolute Gasteiger partial charge is 0.327 e. The summed E-state index contributed by atoms with van der Waals surface area (Å²) in [7, 11) is 1.99. The Labute approximate surface area is 125 Å². The molecule has 4 heteroatoms. The van der Waals surface area contributed by atoms with E-state index in [1.54, 1.807) is 0 Å². The molecule has 0 aliphatic rings. The van der Waals surface area contributed by atoms with Crippen LogP contribution in [0, 0.1) is 18.3 Å². The standard InChI is InChI=1S/C16H12BrN3/c1-10-3-5-12(8-13(10)17)16-19-14-7-11(9-18)4-6-15(14)20(16)2/h3-8H,1-2H3. The lowest BCUT2D eigenvalue weighted by Gasteiger charge is -2.04. The van der Waals surface area contributed by atoms with Crippen molar-refractivity contribution in [3.05, 3.63) is 52.0 Å². The molecule has 2 aromatic carbocycles. The van der Waals surface area contributed by atoms with Crippen LogP contribution in [0.3, 0.4) is 0 Å². The van der Waals surface area contributed by atoms with Gasteiger partial charge in [-0.3, -0.25) is 0 Å². The molecule has 0 aliphatic carbocycles. The van der Waals surface area contributed by atoms with Gasteiger partial charge in [0.25, 0.3) is 0 Å². The third-order valence-electron chi connectivity index (χ3n) is 3.44. The summed E-state index contributed by atoms with van der Waals surface area (Å²) in [4.78, 5) is 4.65. The van der Waals surface area contributed by atoms with Crippen LogP contribution < -0.4 is 0 Å². The molecule has 0 N–H and O–H groups in total. The SMILES string of the molecule is Cc1ccc(-c2nc3cc(C#N)ccc3n2C)cc1Br. The molecular formula is C16H12BrN3. The van der Waals surface area contributed by atoms with E-state index < -0.39 is 0 Å². The normalized spacial score (nSPS) is 10.7. The van der Waals surface area contributed by atoms with Gasteiger partial charge in [-0.05, 0) is 36.8 Å². The number of imidazole rings is 1. The zero-order chi connectivity index (χ0) is 14.3. The molecule has 1 heterocycles. The quantitative estimate of drug-likeness (QED) is 0.673. The molecule has 0 radical (unpaired) electrons. The zero-order valence-corrected chi connectivity index (χ0v) is 12.8. The average Bonchev–Trinajstić information content (AvgIpc) is 2.78. The molecule has 0 aliphatic heterocycles. The lowest BCUT2D eigenvalue weighted by atomic mass is 10.1. The Morgan fingerprint density at radius 3 is 2.70 bits per heavy atom. The predicted molar refractivity (Wildman–Crippen MR) is 83.3 cm³/mol. The topological polar surface area (TPSA) is 41.6 Å². The monoisotopic (exact) mass is 325 g/mol. The van der Waals surface area contributed by atoms with E-state index in [9.17, 15) is 0 Å². The third-order valence-corrected chi connectivity index (χ3v) is 4.29. The number of aryl methyl sites for hydroxylation is 2. The second-order valence-electron chi connectivity index (χ2n) is 4.77. The number of rotatable bonds is 1. The van der Waals surface area contributed by atoms with Crippen LogP contribution in [-0.4, -0.2) is 9.55 Å². The number of fused-ring (bicyclic) bond motifs is 1. The zero-order valence-electron chi connectivity index (χ0n) is 11.2. The van der Waals surface area contributed by atoms with Gasteiger partial charge < -0.3 is 4.57 Å². The Bertz CT molecular complexity index is 856. The van der Waals surface area contributed by atoms with Gasteiger partial charge in [0.1, 0.15) is 5.82 Å². The first kappa shape index (κ1) is 12.9. The highest BCUT2D eigenvalue weighted by Crippen LogP contribution is 2.27. The summed E-state index contributed by atoms with van der Waals surface area (Å²) < 4.78 is 3.12. The molecule has 0 fully saturated rings. The molecule has 20 heavy (non-hydrogen) atoms. The van der Waals surface area contributed by atoms with Crippen LogP contribution >= 0.6 is 15.9 Å². The summed E-state index contributed by atoms with van der Waals surface area (Å²) in [6.07, 6.45) is 0. The molecule has 0 amide bonds. The van der Waals surface area contributed by atoms with Crippen LogP contribution in [0.5, 0.6) is 0 Å². The maximum atomic E-state index is 8.97. The van der Waals surface area contributed by atoms with Gasteiger partial charge in [0.2, 0.25) is 0 Å². The van der Waals surface area contributed by atoms with Gasteiger partial charge in [-0.15, -0.1) is 0 Å². The van der Waals surface area contributed by atoms with Gasteiger partial charge in [-0.1, -0.05) is 28.1 Å². The molecule has 0 saturated heterocycles. The average molecular weight is 326 g/mol. The van der Waals surface area contributed by atoms with Crippen molar-refractivity contribution in [2.24, 2.45) is 7.05 Å². The number of hydrogen-bond acceptors (Lipinski definition) is 2. The minimum absolute atomic E-state index is 0.632. The van der Waals surface area contributed by atoms with Crippen molar-refractivity contribution in [1.29, 1.82) is 5.26 Å². The van der Waals surface area contributed by atoms with Crippen LogP contribution in [0.4, 0.5) is 0 Å². The second kappa shape index (κ2) is 4.77. The highest BCUT2D eigenvalue weighted by Gasteiger charge is 2.11. The van der Waals surface area contributed by atoms with Crippen molar-refractivity contribution in [1.82, 2.24) is 9.55 Å². The predicted octanol–water partition coefficient (Wildman–Crippen LogP) is 4.18. The molecule has 0 saturated carbocycles. The Kier molecular flexibility index (Phi) is 3.07. The molecule has 98 valence electrons. The van der Waals surface area contributed by atoms with E-state index in [0.717, 1.165) is 26.9 Å². The van der Waals surface area contributed by atoms with E-state index in [0.29, 0.717) is 5.56 Å². The Morgan fingerprint density at radius 1 is 1.20 bits per heavy atom. The van der Waals surface area contributed by atoms with Crippen LogP contribution in [0.25, 0.3) is 22.4 Å². The highest BCUT2D eigenvalue weighted by atomic mass is 79.9. The highest BCUT2D eigenvalue weighted by molar-refractivity contribution is 9.10. The van der Waals surface area contributed by atoms with Gasteiger partial charge in [0.15, 0.2) is 0 Å². The van der Waals surface area contributed by atoms with Crippen molar-refractivity contribution in [3.63, 3.8) is 0 Å². The van der Waals surface area contributed by atoms with Crippen molar-refractivity contribution >= 4 is 27.0 Å². The summed E-state index contributed by atoms with van der Waals surface area (Å²) >= 11 is 3.55. The van der Waals surface area contributed by atoms with Crippen molar-refractivity contribution < 1.29 is 0 Å². The molecule has 0 spiro atoms. The van der Waals surface area contributed by atoms with E-state index in [1.165, 1.54) is 5.56 Å². The number of benzene rings is 2. The van der Waals surface area contributed by atoms with Crippen LogP contribution in [0.1, 0.15) is 11.1 Å². The molecule has 3 nitrogen and oxygen atoms in total. The molecule has 1 aromatic heterocycles. The Balaban J connectivity index is 2.23. The van der Waals surface area contributed by atoms with Gasteiger partial charge in [-0.25, -0.2) is 4.98 Å². The fourth-order valence-electron chi connectivity index (χ4n) is 2.26. The van der Waals surface area contributed by atoms with Crippen LogP contribution in [-0.2, 0) is 7.05 Å². The van der Waals surface area contributed by atoms with E-state index >= 15 is 0 Å². The summed E-state index contributed by atoms with van der Waals surface area (Å²) in [5.74, 6) is 0.899. The van der Waals surface area contributed by atoms with Crippen LogP contribution in [0.2, 0.25) is 0 Å².